The van der Waals surface area contributed by atoms with Crippen LogP contribution >= 0.6 is 22.9 Å². The summed E-state index contributed by atoms with van der Waals surface area (Å²) in [7, 11) is -3.55. The second kappa shape index (κ2) is 8.80. The summed E-state index contributed by atoms with van der Waals surface area (Å²) in [4.78, 5) is 31.7. The van der Waals surface area contributed by atoms with Crippen molar-refractivity contribution in [2.45, 2.75) is 17.1 Å². The molecule has 0 spiro atoms. The number of nitrogens with one attached hydrogen (secondary N) is 1. The monoisotopic (exact) mass is 470 g/mol. The Hall–Kier alpha value is -1.72. The number of likely N-dealkylation sites (tertiary alicyclic amines) is 1. The number of rotatable bonds is 6. The predicted octanol–water partition coefficient (Wildman–Crippen LogP) is 2.15. The largest absolute Gasteiger partial charge is 0.356 e. The van der Waals surface area contributed by atoms with Crippen LogP contribution in [0.4, 0.5) is 0 Å². The first-order valence-corrected chi connectivity index (χ1v) is 12.5. The third kappa shape index (κ3) is 4.47. The molecule has 2 aliphatic heterocycles. The standard InChI is InChI=1S/C19H23ClN4O4S2/c20-17-3-4-18(29-17)30(27,28)24-9-7-22(8-10-24)13-16(25)14-11-15(21-12-14)19(26)23-5-1-2-6-23/h3-4,11-12,21H,1-2,5-10,13H2. The van der Waals surface area contributed by atoms with E-state index in [1.54, 1.807) is 23.2 Å². The summed E-state index contributed by atoms with van der Waals surface area (Å²) >= 11 is 6.91. The maximum Gasteiger partial charge on any atom is 0.270 e. The highest BCUT2D eigenvalue weighted by atomic mass is 35.5. The number of hydrogen-bond acceptors (Lipinski definition) is 6. The molecule has 0 aromatic carbocycles. The van der Waals surface area contributed by atoms with Crippen LogP contribution in [0.1, 0.15) is 33.7 Å². The van der Waals surface area contributed by atoms with Crippen molar-refractivity contribution < 1.29 is 18.0 Å². The number of aromatic nitrogens is 1. The van der Waals surface area contributed by atoms with Crippen LogP contribution in [0.2, 0.25) is 4.34 Å². The van der Waals surface area contributed by atoms with E-state index in [0.717, 1.165) is 37.3 Å². The molecule has 0 saturated carbocycles. The van der Waals surface area contributed by atoms with Crippen LogP contribution in [-0.2, 0) is 10.0 Å². The summed E-state index contributed by atoms with van der Waals surface area (Å²) in [5.41, 5.74) is 0.909. The Bertz CT molecular complexity index is 1030. The Morgan fingerprint density at radius 3 is 2.40 bits per heavy atom. The van der Waals surface area contributed by atoms with E-state index in [-0.39, 0.29) is 22.4 Å². The number of carbonyl (C=O) groups is 2. The van der Waals surface area contributed by atoms with E-state index in [1.165, 1.54) is 10.4 Å². The first kappa shape index (κ1) is 21.5. The molecule has 4 heterocycles. The number of piperazine rings is 1. The van der Waals surface area contributed by atoms with Gasteiger partial charge in [-0.05, 0) is 31.0 Å². The van der Waals surface area contributed by atoms with Crippen molar-refractivity contribution in [3.05, 3.63) is 40.0 Å². The fourth-order valence-corrected chi connectivity index (χ4v) is 6.81. The first-order valence-electron chi connectivity index (χ1n) is 9.83. The number of carbonyl (C=O) groups excluding carboxylic acids is 2. The Balaban J connectivity index is 1.32. The third-order valence-corrected chi connectivity index (χ3v) is 9.07. The molecule has 1 amide bonds. The van der Waals surface area contributed by atoms with Crippen LogP contribution in [0.25, 0.3) is 0 Å². The minimum absolute atomic E-state index is 0.0703. The second-order valence-corrected chi connectivity index (χ2v) is 11.3. The SMILES string of the molecule is O=C(CN1CCN(S(=O)(=O)c2ccc(Cl)s2)CC1)c1c[nH]c(C(=O)N2CCCC2)c1. The van der Waals surface area contributed by atoms with Crippen LogP contribution in [0.5, 0.6) is 0 Å². The third-order valence-electron chi connectivity index (χ3n) is 5.47. The molecule has 8 nitrogen and oxygen atoms in total. The van der Waals surface area contributed by atoms with Crippen molar-refractivity contribution in [2.75, 3.05) is 45.8 Å². The van der Waals surface area contributed by atoms with Gasteiger partial charge >= 0.3 is 0 Å². The number of sulfonamides is 1. The number of amides is 1. The number of Topliss-reactive ketones (excluding diaryl/α,β-unsaturated/α-hetero) is 1. The molecule has 0 unspecified atom stereocenters. The van der Waals surface area contributed by atoms with Gasteiger partial charge < -0.3 is 9.88 Å². The van der Waals surface area contributed by atoms with Gasteiger partial charge in [-0.15, -0.1) is 11.3 Å². The predicted molar refractivity (Wildman–Crippen MR) is 115 cm³/mol. The number of nitrogens with zero attached hydrogens (tertiary/aromatic N) is 3. The molecule has 2 aliphatic rings. The molecule has 30 heavy (non-hydrogen) atoms. The lowest BCUT2D eigenvalue weighted by Crippen LogP contribution is -2.49. The summed E-state index contributed by atoms with van der Waals surface area (Å²) in [6, 6.07) is 4.71. The second-order valence-electron chi connectivity index (χ2n) is 7.46. The molecular weight excluding hydrogens is 448 g/mol. The van der Waals surface area contributed by atoms with Crippen molar-refractivity contribution in [1.82, 2.24) is 19.1 Å². The molecule has 1 N–H and O–H groups in total. The van der Waals surface area contributed by atoms with Crippen molar-refractivity contribution >= 4 is 44.7 Å². The lowest BCUT2D eigenvalue weighted by molar-refractivity contribution is 0.0787. The van der Waals surface area contributed by atoms with Gasteiger partial charge in [-0.3, -0.25) is 14.5 Å². The highest BCUT2D eigenvalue weighted by Gasteiger charge is 2.30. The van der Waals surface area contributed by atoms with E-state index in [9.17, 15) is 18.0 Å². The van der Waals surface area contributed by atoms with Gasteiger partial charge in [-0.1, -0.05) is 11.6 Å². The van der Waals surface area contributed by atoms with Gasteiger partial charge in [0, 0.05) is 51.0 Å². The maximum absolute atomic E-state index is 12.7. The molecule has 2 fully saturated rings. The summed E-state index contributed by atoms with van der Waals surface area (Å²) in [5, 5.41) is 0. The zero-order valence-electron chi connectivity index (χ0n) is 16.3. The normalized spacial score (nSPS) is 18.8. The Kier molecular flexibility index (Phi) is 6.31. The van der Waals surface area contributed by atoms with Crippen LogP contribution in [0.15, 0.2) is 28.6 Å². The molecule has 0 radical (unpaired) electrons. The van der Waals surface area contributed by atoms with Gasteiger partial charge in [0.05, 0.1) is 10.9 Å². The van der Waals surface area contributed by atoms with E-state index in [4.69, 9.17) is 11.6 Å². The molecule has 0 bridgehead atoms. The molecule has 11 heteroatoms. The van der Waals surface area contributed by atoms with Crippen molar-refractivity contribution in [1.29, 1.82) is 0 Å². The van der Waals surface area contributed by atoms with Crippen molar-refractivity contribution in [2.24, 2.45) is 0 Å². The number of H-pyrrole nitrogens is 1. The highest BCUT2D eigenvalue weighted by molar-refractivity contribution is 7.91. The highest BCUT2D eigenvalue weighted by Crippen LogP contribution is 2.28. The Morgan fingerprint density at radius 1 is 1.07 bits per heavy atom. The molecular formula is C19H23ClN4O4S2. The minimum Gasteiger partial charge on any atom is -0.356 e. The Labute approximate surface area is 184 Å². The van der Waals surface area contributed by atoms with Crippen LogP contribution in [-0.4, -0.2) is 85.0 Å². The van der Waals surface area contributed by atoms with Crippen molar-refractivity contribution in [3.8, 4) is 0 Å². The van der Waals surface area contributed by atoms with Crippen molar-refractivity contribution in [3.63, 3.8) is 0 Å². The zero-order valence-corrected chi connectivity index (χ0v) is 18.7. The quantitative estimate of drug-likeness (QED) is 0.653. The van der Waals surface area contributed by atoms with E-state index in [2.05, 4.69) is 4.98 Å². The van der Waals surface area contributed by atoms with E-state index in [1.807, 2.05) is 4.90 Å². The molecule has 4 rings (SSSR count). The first-order chi connectivity index (χ1) is 14.3. The summed E-state index contributed by atoms with van der Waals surface area (Å²) in [5.74, 6) is -0.160. The fraction of sp³-hybridized carbons (Fsp3) is 0.474. The molecule has 2 aromatic heterocycles. The number of aromatic amines is 1. The smallest absolute Gasteiger partial charge is 0.270 e. The summed E-state index contributed by atoms with van der Waals surface area (Å²) in [6.45, 7) is 3.27. The van der Waals surface area contributed by atoms with Crippen LogP contribution < -0.4 is 0 Å². The maximum atomic E-state index is 12.7. The van der Waals surface area contributed by atoms with Crippen LogP contribution in [0, 0.1) is 0 Å². The average Bonchev–Trinajstić information content (AvgIpc) is 3.49. The number of halogens is 1. The van der Waals surface area contributed by atoms with Crippen LogP contribution in [0.3, 0.4) is 0 Å². The molecule has 0 aliphatic carbocycles. The fourth-order valence-electron chi connectivity index (χ4n) is 3.76. The number of thiophene rings is 1. The average molecular weight is 471 g/mol. The molecule has 0 atom stereocenters. The molecule has 2 saturated heterocycles. The van der Waals surface area contributed by atoms with Gasteiger partial charge in [0.25, 0.3) is 15.9 Å². The lowest BCUT2D eigenvalue weighted by Gasteiger charge is -2.33. The van der Waals surface area contributed by atoms with E-state index in [0.29, 0.717) is 41.8 Å². The van der Waals surface area contributed by atoms with Gasteiger partial charge in [-0.25, -0.2) is 8.42 Å². The van der Waals surface area contributed by atoms with E-state index < -0.39 is 10.0 Å². The molecule has 162 valence electrons. The van der Waals surface area contributed by atoms with Gasteiger partial charge in [-0.2, -0.15) is 4.31 Å². The van der Waals surface area contributed by atoms with E-state index >= 15 is 0 Å². The topological polar surface area (TPSA) is 93.8 Å². The Morgan fingerprint density at radius 2 is 1.77 bits per heavy atom. The number of hydrogen-bond donors (Lipinski definition) is 1. The summed E-state index contributed by atoms with van der Waals surface area (Å²) in [6.07, 6.45) is 3.60. The van der Waals surface area contributed by atoms with Gasteiger partial charge in [0.2, 0.25) is 0 Å². The minimum atomic E-state index is -3.55. The number of ketones is 1. The van der Waals surface area contributed by atoms with Gasteiger partial charge in [0.15, 0.2) is 5.78 Å². The lowest BCUT2D eigenvalue weighted by atomic mass is 10.2. The molecule has 2 aromatic rings. The zero-order chi connectivity index (χ0) is 21.3. The summed E-state index contributed by atoms with van der Waals surface area (Å²) < 4.78 is 27.5. The van der Waals surface area contributed by atoms with Gasteiger partial charge in [0.1, 0.15) is 9.90 Å².